The van der Waals surface area contributed by atoms with E-state index in [1.54, 1.807) is 6.08 Å². The summed E-state index contributed by atoms with van der Waals surface area (Å²) in [6.45, 7) is 7.49. The molecule has 4 aliphatic carbocycles. The second kappa shape index (κ2) is 8.61. The van der Waals surface area contributed by atoms with Gasteiger partial charge in [0.2, 0.25) is 0 Å². The first-order valence-electron chi connectivity index (χ1n) is 14.6. The number of cyclic esters (lactones) is 1. The molecule has 6 aliphatic rings. The smallest absolute Gasteiger partial charge is 0.331 e. The van der Waals surface area contributed by atoms with Gasteiger partial charge in [-0.15, -0.1) is 0 Å². The highest BCUT2D eigenvalue weighted by atomic mass is 16.5. The first kappa shape index (κ1) is 26.0. The average molecular weight is 516 g/mol. The third kappa shape index (κ3) is 3.81. The Labute approximate surface area is 220 Å². The van der Waals surface area contributed by atoms with Crippen LogP contribution in [0.2, 0.25) is 0 Å². The van der Waals surface area contributed by atoms with Gasteiger partial charge in [-0.05, 0) is 101 Å². The highest BCUT2D eigenvalue weighted by Crippen LogP contribution is 2.70. The molecule has 5 fully saturated rings. The van der Waals surface area contributed by atoms with Crippen LogP contribution in [0.1, 0.15) is 91.4 Å². The number of aliphatic hydroxyl groups excluding tert-OH is 1. The summed E-state index contributed by atoms with van der Waals surface area (Å²) >= 11 is 0. The lowest BCUT2D eigenvalue weighted by Gasteiger charge is -2.65. The molecule has 0 aromatic rings. The number of hydrogen-bond acceptors (Lipinski definition) is 7. The van der Waals surface area contributed by atoms with Crippen molar-refractivity contribution in [2.45, 2.75) is 120 Å². The first-order chi connectivity index (χ1) is 17.4. The maximum atomic E-state index is 12.5. The fraction of sp³-hybridized carbons (Fsp3) is 0.867. The Bertz CT molecular complexity index is 1010. The van der Waals surface area contributed by atoms with E-state index in [1.165, 1.54) is 0 Å². The van der Waals surface area contributed by atoms with E-state index in [9.17, 15) is 20.1 Å². The standard InChI is InChI=1S/C30H45NO6/c1-26(2)15-20(8-13-37-26)31-18-28-10-4-21(32)16-29(28,34)11-6-24-23(28)5-9-27(3)22(7-12-30(24,27)35)19-14-25(33)36-17-19/h14,18,20-24,32,34-35H,4-13,15-17H2,1-3H3. The fourth-order valence-electron chi connectivity index (χ4n) is 9.93. The molecule has 6 rings (SSSR count). The third-order valence-electron chi connectivity index (χ3n) is 11.8. The maximum Gasteiger partial charge on any atom is 0.331 e. The number of aliphatic hydroxyl groups is 3. The third-order valence-corrected chi connectivity index (χ3v) is 11.8. The van der Waals surface area contributed by atoms with Gasteiger partial charge in [-0.1, -0.05) is 6.92 Å². The van der Waals surface area contributed by atoms with Gasteiger partial charge in [0.15, 0.2) is 0 Å². The van der Waals surface area contributed by atoms with Crippen LogP contribution >= 0.6 is 0 Å². The molecule has 0 radical (unpaired) electrons. The molecule has 7 heteroatoms. The summed E-state index contributed by atoms with van der Waals surface area (Å²) in [6, 6.07) is 0.161. The van der Waals surface area contributed by atoms with E-state index in [0.717, 1.165) is 44.1 Å². The van der Waals surface area contributed by atoms with E-state index in [4.69, 9.17) is 14.5 Å². The quantitative estimate of drug-likeness (QED) is 0.390. The molecule has 7 nitrogen and oxygen atoms in total. The molecule has 0 bridgehead atoms. The van der Waals surface area contributed by atoms with Gasteiger partial charge < -0.3 is 24.8 Å². The van der Waals surface area contributed by atoms with Crippen molar-refractivity contribution < 1.29 is 29.6 Å². The van der Waals surface area contributed by atoms with Gasteiger partial charge in [0, 0.05) is 36.1 Å². The summed E-state index contributed by atoms with van der Waals surface area (Å²) in [5.41, 5.74) is -1.89. The molecule has 9 atom stereocenters. The topological polar surface area (TPSA) is 109 Å². The predicted octanol–water partition coefficient (Wildman–Crippen LogP) is 3.73. The van der Waals surface area contributed by atoms with Crippen molar-refractivity contribution in [1.29, 1.82) is 0 Å². The molecular formula is C30H45NO6. The zero-order valence-corrected chi connectivity index (χ0v) is 22.7. The molecule has 9 unspecified atom stereocenters. The van der Waals surface area contributed by atoms with Crippen LogP contribution < -0.4 is 0 Å². The van der Waals surface area contributed by atoms with Crippen molar-refractivity contribution in [2.75, 3.05) is 13.2 Å². The van der Waals surface area contributed by atoms with Crippen molar-refractivity contribution in [3.8, 4) is 0 Å². The minimum atomic E-state index is -1.01. The molecule has 0 aromatic carbocycles. The summed E-state index contributed by atoms with van der Waals surface area (Å²) in [4.78, 5) is 17.0. The van der Waals surface area contributed by atoms with E-state index in [2.05, 4.69) is 27.0 Å². The molecule has 3 N–H and O–H groups in total. The zero-order valence-electron chi connectivity index (χ0n) is 22.7. The van der Waals surface area contributed by atoms with Crippen molar-refractivity contribution in [3.05, 3.63) is 11.6 Å². The highest BCUT2D eigenvalue weighted by molar-refractivity contribution is 5.85. The van der Waals surface area contributed by atoms with Crippen LogP contribution in [-0.2, 0) is 14.3 Å². The van der Waals surface area contributed by atoms with Crippen molar-refractivity contribution in [1.82, 2.24) is 0 Å². The van der Waals surface area contributed by atoms with Gasteiger partial charge in [-0.25, -0.2) is 4.79 Å². The van der Waals surface area contributed by atoms with E-state index < -0.39 is 22.7 Å². The minimum absolute atomic E-state index is 0.0583. The van der Waals surface area contributed by atoms with Gasteiger partial charge in [0.1, 0.15) is 6.61 Å². The summed E-state index contributed by atoms with van der Waals surface area (Å²) in [7, 11) is 0. The second-order valence-corrected chi connectivity index (χ2v) is 14.1. The second-order valence-electron chi connectivity index (χ2n) is 14.1. The number of ether oxygens (including phenoxy) is 2. The van der Waals surface area contributed by atoms with Gasteiger partial charge in [0.05, 0.1) is 28.9 Å². The van der Waals surface area contributed by atoms with Crippen molar-refractivity contribution in [3.63, 3.8) is 0 Å². The van der Waals surface area contributed by atoms with Crippen LogP contribution in [0.4, 0.5) is 0 Å². The molecule has 206 valence electrons. The number of hydrogen-bond donors (Lipinski definition) is 3. The van der Waals surface area contributed by atoms with Crippen LogP contribution in [0.3, 0.4) is 0 Å². The van der Waals surface area contributed by atoms with Crippen LogP contribution in [-0.4, -0.2) is 69.7 Å². The van der Waals surface area contributed by atoms with Crippen LogP contribution in [0.5, 0.6) is 0 Å². The van der Waals surface area contributed by atoms with Crippen LogP contribution in [0, 0.1) is 28.6 Å². The SMILES string of the molecule is CC1(C)CC(N=CC23CCC(O)CC2(O)CCC2C3CCC3(C)C(C4=CC(=O)OC4)CCC23O)CCO1. The van der Waals surface area contributed by atoms with Crippen LogP contribution in [0.25, 0.3) is 0 Å². The maximum absolute atomic E-state index is 12.5. The minimum Gasteiger partial charge on any atom is -0.458 e. The summed E-state index contributed by atoms with van der Waals surface area (Å²) in [5.74, 6) is 0.0521. The Morgan fingerprint density at radius 1 is 0.973 bits per heavy atom. The molecule has 37 heavy (non-hydrogen) atoms. The van der Waals surface area contributed by atoms with E-state index in [-0.39, 0.29) is 40.8 Å². The molecule has 0 aromatic heterocycles. The lowest BCUT2D eigenvalue weighted by molar-refractivity contribution is -0.237. The van der Waals surface area contributed by atoms with Crippen molar-refractivity contribution in [2.24, 2.45) is 33.6 Å². The number of carbonyl (C=O) groups is 1. The number of rotatable bonds is 3. The van der Waals surface area contributed by atoms with Gasteiger partial charge in [-0.2, -0.15) is 0 Å². The highest BCUT2D eigenvalue weighted by Gasteiger charge is 2.71. The lowest BCUT2D eigenvalue weighted by atomic mass is 9.41. The number of esters is 1. The normalized spacial score (nSPS) is 51.2. The summed E-state index contributed by atoms with van der Waals surface area (Å²) < 4.78 is 11.2. The Morgan fingerprint density at radius 3 is 2.49 bits per heavy atom. The molecular weight excluding hydrogens is 470 g/mol. The van der Waals surface area contributed by atoms with Gasteiger partial charge >= 0.3 is 5.97 Å². The molecule has 4 saturated carbocycles. The van der Waals surface area contributed by atoms with E-state index >= 15 is 0 Å². The number of fused-ring (bicyclic) bond motifs is 5. The van der Waals surface area contributed by atoms with Gasteiger partial charge in [0.25, 0.3) is 0 Å². The first-order valence-corrected chi connectivity index (χ1v) is 14.6. The zero-order chi connectivity index (χ0) is 26.3. The summed E-state index contributed by atoms with van der Waals surface area (Å²) in [6.07, 6.45) is 11.4. The number of aliphatic imine (C=N–C) groups is 1. The Morgan fingerprint density at radius 2 is 1.76 bits per heavy atom. The average Bonchev–Trinajstić information content (AvgIpc) is 3.37. The van der Waals surface area contributed by atoms with E-state index in [0.29, 0.717) is 45.3 Å². The number of carbonyl (C=O) groups excluding carboxylic acids is 1. The Balaban J connectivity index is 1.35. The summed E-state index contributed by atoms with van der Waals surface area (Å²) in [5, 5.41) is 35.4. The monoisotopic (exact) mass is 515 g/mol. The molecule has 0 amide bonds. The lowest BCUT2D eigenvalue weighted by Crippen LogP contribution is -2.68. The molecule has 0 spiro atoms. The Kier molecular flexibility index (Phi) is 6.04. The van der Waals surface area contributed by atoms with Crippen molar-refractivity contribution >= 4 is 12.2 Å². The predicted molar refractivity (Wildman–Crippen MR) is 139 cm³/mol. The largest absolute Gasteiger partial charge is 0.458 e. The molecule has 2 heterocycles. The molecule has 2 aliphatic heterocycles. The van der Waals surface area contributed by atoms with Crippen LogP contribution in [0.15, 0.2) is 16.6 Å². The number of nitrogens with zero attached hydrogens (tertiary/aromatic N) is 1. The molecule has 1 saturated heterocycles. The van der Waals surface area contributed by atoms with E-state index in [1.807, 2.05) is 0 Å². The van der Waals surface area contributed by atoms with Gasteiger partial charge in [-0.3, -0.25) is 4.99 Å². The Hall–Kier alpha value is -1.28. The fourth-order valence-corrected chi connectivity index (χ4v) is 9.93.